The number of ether oxygens (including phenoxy) is 1. The number of anilines is 1. The number of H-pyrrole nitrogens is 1. The van der Waals surface area contributed by atoms with Crippen LogP contribution in [0.25, 0.3) is 11.0 Å². The Kier molecular flexibility index (Phi) is 5.35. The van der Waals surface area contributed by atoms with E-state index in [9.17, 15) is 4.79 Å². The second-order valence-corrected chi connectivity index (χ2v) is 8.09. The van der Waals surface area contributed by atoms with E-state index in [2.05, 4.69) is 46.9 Å². The first-order valence-electron chi connectivity index (χ1n) is 10.2. The molecule has 0 bridgehead atoms. The van der Waals surface area contributed by atoms with E-state index in [0.717, 1.165) is 55.9 Å². The van der Waals surface area contributed by atoms with Gasteiger partial charge < -0.3 is 19.9 Å². The highest BCUT2D eigenvalue weighted by Crippen LogP contribution is 2.36. The zero-order chi connectivity index (χ0) is 19.7. The summed E-state index contributed by atoms with van der Waals surface area (Å²) >= 11 is 0. The molecule has 2 N–H and O–H groups in total. The van der Waals surface area contributed by atoms with Crippen LogP contribution in [-0.2, 0) is 9.53 Å². The quantitative estimate of drug-likeness (QED) is 0.776. The number of fused-ring (bicyclic) bond motifs is 1. The van der Waals surface area contributed by atoms with Crippen LogP contribution in [0.4, 0.5) is 5.82 Å². The number of nitrogens with zero attached hydrogens (tertiary/aromatic N) is 3. The van der Waals surface area contributed by atoms with Crippen LogP contribution in [0.5, 0.6) is 0 Å². The molecule has 2 saturated heterocycles. The predicted octanol–water partition coefficient (Wildman–Crippen LogP) is 3.08. The number of aromatic nitrogens is 3. The van der Waals surface area contributed by atoms with Gasteiger partial charge in [0.25, 0.3) is 0 Å². The van der Waals surface area contributed by atoms with Crippen LogP contribution < -0.4 is 5.32 Å². The molecule has 4 rings (SSSR count). The number of aromatic amines is 1. The molecule has 2 aliphatic rings. The maximum absolute atomic E-state index is 12.3. The monoisotopic (exact) mass is 383 g/mol. The van der Waals surface area contributed by atoms with E-state index >= 15 is 0 Å². The maximum Gasteiger partial charge on any atom is 0.246 e. The lowest BCUT2D eigenvalue weighted by atomic mass is 9.91. The first-order chi connectivity index (χ1) is 13.6. The van der Waals surface area contributed by atoms with Gasteiger partial charge in [-0.2, -0.15) is 0 Å². The van der Waals surface area contributed by atoms with Crippen molar-refractivity contribution in [3.05, 3.63) is 30.7 Å². The molecule has 0 spiro atoms. The Morgan fingerprint density at radius 1 is 1.36 bits per heavy atom. The summed E-state index contributed by atoms with van der Waals surface area (Å²) in [4.78, 5) is 26.6. The SMILES string of the molecule is C=CC(=O)N1CC[C@@H](Nc2ncnc3[nH]cc(C4CCOCC4)c23)[C@H]1C(C)C. The molecule has 2 fully saturated rings. The number of carbonyl (C=O) groups excluding carboxylic acids is 1. The first-order valence-corrected chi connectivity index (χ1v) is 10.2. The molecule has 0 radical (unpaired) electrons. The summed E-state index contributed by atoms with van der Waals surface area (Å²) in [6.07, 6.45) is 8.01. The van der Waals surface area contributed by atoms with Crippen molar-refractivity contribution in [1.29, 1.82) is 0 Å². The van der Waals surface area contributed by atoms with Gasteiger partial charge in [-0.3, -0.25) is 4.79 Å². The van der Waals surface area contributed by atoms with Gasteiger partial charge in [0, 0.05) is 32.0 Å². The van der Waals surface area contributed by atoms with Gasteiger partial charge >= 0.3 is 0 Å². The fourth-order valence-corrected chi connectivity index (χ4v) is 4.77. The third kappa shape index (κ3) is 3.39. The standard InChI is InChI=1S/C21H29N5O2/c1-4-17(27)26-8-5-16(19(26)13(2)3)25-21-18-15(14-6-9-28-10-7-14)11-22-20(18)23-12-24-21/h4,11-14,16,19H,1,5-10H2,2-3H3,(H2,22,23,24,25)/t16-,19-/m1/s1. The molecule has 2 atom stereocenters. The second kappa shape index (κ2) is 7.91. The minimum absolute atomic E-state index is 0.000346. The van der Waals surface area contributed by atoms with Crippen molar-refractivity contribution in [2.24, 2.45) is 5.92 Å². The number of carbonyl (C=O) groups is 1. The van der Waals surface area contributed by atoms with Crippen molar-refractivity contribution in [3.8, 4) is 0 Å². The van der Waals surface area contributed by atoms with Crippen LogP contribution in [0.15, 0.2) is 25.2 Å². The van der Waals surface area contributed by atoms with Gasteiger partial charge in [0.05, 0.1) is 11.4 Å². The predicted molar refractivity (Wildman–Crippen MR) is 109 cm³/mol. The molecule has 28 heavy (non-hydrogen) atoms. The average Bonchev–Trinajstić information content (AvgIpc) is 3.33. The molecule has 0 aromatic carbocycles. The molecule has 2 aliphatic heterocycles. The molecular formula is C21H29N5O2. The van der Waals surface area contributed by atoms with E-state index in [0.29, 0.717) is 11.8 Å². The van der Waals surface area contributed by atoms with Gasteiger partial charge in [-0.15, -0.1) is 0 Å². The van der Waals surface area contributed by atoms with Crippen molar-refractivity contribution < 1.29 is 9.53 Å². The first kappa shape index (κ1) is 18.9. The normalized spacial score (nSPS) is 23.5. The number of amides is 1. The summed E-state index contributed by atoms with van der Waals surface area (Å²) in [6.45, 7) is 10.3. The van der Waals surface area contributed by atoms with Crippen molar-refractivity contribution in [3.63, 3.8) is 0 Å². The van der Waals surface area contributed by atoms with Crippen molar-refractivity contribution in [2.45, 2.75) is 51.1 Å². The fraction of sp³-hybridized carbons (Fsp3) is 0.571. The summed E-state index contributed by atoms with van der Waals surface area (Å²) in [6, 6.07) is 0.264. The molecule has 0 unspecified atom stereocenters. The highest BCUT2D eigenvalue weighted by atomic mass is 16.5. The van der Waals surface area contributed by atoms with E-state index in [4.69, 9.17) is 4.74 Å². The van der Waals surface area contributed by atoms with E-state index in [1.807, 2.05) is 4.90 Å². The van der Waals surface area contributed by atoms with Crippen molar-refractivity contribution in [1.82, 2.24) is 19.9 Å². The van der Waals surface area contributed by atoms with Crippen LogP contribution in [-0.4, -0.2) is 57.6 Å². The molecule has 1 amide bonds. The highest BCUT2D eigenvalue weighted by molar-refractivity contribution is 5.91. The summed E-state index contributed by atoms with van der Waals surface area (Å²) in [5, 5.41) is 4.73. The largest absolute Gasteiger partial charge is 0.381 e. The Bertz CT molecular complexity index is 856. The minimum atomic E-state index is 0.000346. The van der Waals surface area contributed by atoms with E-state index in [1.54, 1.807) is 6.33 Å². The van der Waals surface area contributed by atoms with Crippen LogP contribution >= 0.6 is 0 Å². The number of hydrogen-bond acceptors (Lipinski definition) is 5. The molecule has 0 aliphatic carbocycles. The number of hydrogen-bond donors (Lipinski definition) is 2. The average molecular weight is 383 g/mol. The minimum Gasteiger partial charge on any atom is -0.381 e. The molecule has 2 aromatic heterocycles. The Morgan fingerprint density at radius 3 is 2.86 bits per heavy atom. The fourth-order valence-electron chi connectivity index (χ4n) is 4.77. The lowest BCUT2D eigenvalue weighted by Crippen LogP contribution is -2.44. The zero-order valence-corrected chi connectivity index (χ0v) is 16.6. The van der Waals surface area contributed by atoms with Crippen LogP contribution in [0.1, 0.15) is 44.6 Å². The molecule has 150 valence electrons. The molecular weight excluding hydrogens is 354 g/mol. The Morgan fingerprint density at radius 2 is 2.14 bits per heavy atom. The van der Waals surface area contributed by atoms with Gasteiger partial charge in [0.2, 0.25) is 5.91 Å². The third-order valence-corrected chi connectivity index (χ3v) is 6.08. The van der Waals surface area contributed by atoms with E-state index in [-0.39, 0.29) is 18.0 Å². The second-order valence-electron chi connectivity index (χ2n) is 8.09. The zero-order valence-electron chi connectivity index (χ0n) is 16.6. The summed E-state index contributed by atoms with van der Waals surface area (Å²) < 4.78 is 5.53. The maximum atomic E-state index is 12.3. The number of nitrogens with one attached hydrogen (secondary N) is 2. The molecule has 2 aromatic rings. The topological polar surface area (TPSA) is 83.1 Å². The Hall–Kier alpha value is -2.41. The molecule has 4 heterocycles. The van der Waals surface area contributed by atoms with Gasteiger partial charge in [-0.25, -0.2) is 9.97 Å². The molecule has 0 saturated carbocycles. The van der Waals surface area contributed by atoms with E-state index in [1.165, 1.54) is 11.6 Å². The Balaban J connectivity index is 1.65. The molecule has 7 heteroatoms. The van der Waals surface area contributed by atoms with Crippen LogP contribution in [0.3, 0.4) is 0 Å². The Labute approximate surface area is 165 Å². The third-order valence-electron chi connectivity index (χ3n) is 6.08. The van der Waals surface area contributed by atoms with E-state index < -0.39 is 0 Å². The van der Waals surface area contributed by atoms with Gasteiger partial charge in [-0.05, 0) is 42.7 Å². The van der Waals surface area contributed by atoms with Gasteiger partial charge in [0.1, 0.15) is 17.8 Å². The number of rotatable bonds is 5. The van der Waals surface area contributed by atoms with Gasteiger partial charge in [0.15, 0.2) is 0 Å². The summed E-state index contributed by atoms with van der Waals surface area (Å²) in [5.74, 6) is 1.65. The van der Waals surface area contributed by atoms with Crippen molar-refractivity contribution in [2.75, 3.05) is 25.1 Å². The lowest BCUT2D eigenvalue weighted by Gasteiger charge is -2.31. The van der Waals surface area contributed by atoms with Crippen LogP contribution in [0, 0.1) is 5.92 Å². The number of likely N-dealkylation sites (tertiary alicyclic amines) is 1. The summed E-state index contributed by atoms with van der Waals surface area (Å²) in [5.41, 5.74) is 2.12. The van der Waals surface area contributed by atoms with Crippen LogP contribution in [0.2, 0.25) is 0 Å². The van der Waals surface area contributed by atoms with Crippen molar-refractivity contribution >= 4 is 22.8 Å². The lowest BCUT2D eigenvalue weighted by molar-refractivity contribution is -0.127. The highest BCUT2D eigenvalue weighted by Gasteiger charge is 2.38. The van der Waals surface area contributed by atoms with Gasteiger partial charge in [-0.1, -0.05) is 20.4 Å². The smallest absolute Gasteiger partial charge is 0.246 e. The summed E-state index contributed by atoms with van der Waals surface area (Å²) in [7, 11) is 0. The molecule has 7 nitrogen and oxygen atoms in total.